The van der Waals surface area contributed by atoms with E-state index in [0.29, 0.717) is 22.1 Å². The third-order valence-corrected chi connectivity index (χ3v) is 4.92. The van der Waals surface area contributed by atoms with Gasteiger partial charge in [0.25, 0.3) is 0 Å². The van der Waals surface area contributed by atoms with Gasteiger partial charge in [0.1, 0.15) is 5.01 Å². The number of hydrogen-bond donors (Lipinski definition) is 1. The Hall–Kier alpha value is -2.90. The Bertz CT molecular complexity index is 1000. The van der Waals surface area contributed by atoms with E-state index in [1.807, 2.05) is 35.7 Å². The maximum Gasteiger partial charge on any atom is 0.246 e. The van der Waals surface area contributed by atoms with Gasteiger partial charge in [-0.15, -0.1) is 11.3 Å². The van der Waals surface area contributed by atoms with Gasteiger partial charge in [0.2, 0.25) is 12.7 Å². The van der Waals surface area contributed by atoms with Gasteiger partial charge in [-0.05, 0) is 17.7 Å². The van der Waals surface area contributed by atoms with Crippen molar-refractivity contribution in [3.05, 3.63) is 63.4 Å². The highest BCUT2D eigenvalue weighted by molar-refractivity contribution is 7.10. The van der Waals surface area contributed by atoms with Crippen LogP contribution in [0.5, 0.6) is 11.5 Å². The number of carbonyl (C=O) groups excluding carboxylic acids is 1. The second-order valence-electron chi connectivity index (χ2n) is 5.70. The predicted octanol–water partition coefficient (Wildman–Crippen LogP) is 3.89. The maximum atomic E-state index is 12.1. The topological polar surface area (TPSA) is 72.8 Å². The summed E-state index contributed by atoms with van der Waals surface area (Å²) < 4.78 is 10.6. The first-order valence-electron chi connectivity index (χ1n) is 8.10. The summed E-state index contributed by atoms with van der Waals surface area (Å²) in [5, 5.41) is 7.08. The van der Waals surface area contributed by atoms with Gasteiger partial charge in [-0.2, -0.15) is 5.10 Å². The van der Waals surface area contributed by atoms with Crippen LogP contribution < -0.4 is 14.9 Å². The Labute approximate surface area is 164 Å². The molecule has 2 heterocycles. The number of hydrazone groups is 1. The molecule has 0 radical (unpaired) electrons. The SMILES string of the molecule is O=C(Cc1nc(-c2ccccc2)cs1)N/N=C\c1cc(Cl)c2c(c1)OCO2. The summed E-state index contributed by atoms with van der Waals surface area (Å²) in [5.74, 6) is 0.842. The summed E-state index contributed by atoms with van der Waals surface area (Å²) in [6, 6.07) is 13.3. The van der Waals surface area contributed by atoms with Crippen LogP contribution in [0, 0.1) is 0 Å². The number of nitrogens with one attached hydrogen (secondary N) is 1. The zero-order valence-electron chi connectivity index (χ0n) is 14.0. The van der Waals surface area contributed by atoms with Gasteiger partial charge in [-0.25, -0.2) is 10.4 Å². The van der Waals surface area contributed by atoms with Gasteiger partial charge >= 0.3 is 0 Å². The second kappa shape index (κ2) is 7.77. The molecule has 0 saturated heterocycles. The molecule has 0 fully saturated rings. The molecule has 1 aliphatic heterocycles. The summed E-state index contributed by atoms with van der Waals surface area (Å²) in [6.45, 7) is 0.144. The Morgan fingerprint density at radius 3 is 3.00 bits per heavy atom. The van der Waals surface area contributed by atoms with Crippen LogP contribution in [0.1, 0.15) is 10.6 Å². The van der Waals surface area contributed by atoms with Crippen LogP contribution in [-0.2, 0) is 11.2 Å². The van der Waals surface area contributed by atoms with Gasteiger partial charge in [0.05, 0.1) is 23.4 Å². The van der Waals surface area contributed by atoms with Crippen molar-refractivity contribution in [3.63, 3.8) is 0 Å². The zero-order chi connectivity index (χ0) is 18.6. The molecule has 6 nitrogen and oxygen atoms in total. The van der Waals surface area contributed by atoms with Crippen LogP contribution in [0.25, 0.3) is 11.3 Å². The average Bonchev–Trinajstić information content (AvgIpc) is 3.32. The van der Waals surface area contributed by atoms with E-state index in [1.54, 1.807) is 12.1 Å². The molecule has 3 aromatic rings. The first-order valence-corrected chi connectivity index (χ1v) is 9.36. The highest BCUT2D eigenvalue weighted by Crippen LogP contribution is 2.39. The molecule has 136 valence electrons. The molecule has 4 rings (SSSR count). The summed E-state index contributed by atoms with van der Waals surface area (Å²) in [6.07, 6.45) is 1.67. The van der Waals surface area contributed by atoms with Crippen LogP contribution in [0.4, 0.5) is 0 Å². The van der Waals surface area contributed by atoms with Gasteiger partial charge in [-0.1, -0.05) is 41.9 Å². The Kier molecular flexibility index (Phi) is 5.04. The van der Waals surface area contributed by atoms with Crippen molar-refractivity contribution in [2.75, 3.05) is 6.79 Å². The number of amides is 1. The molecule has 0 atom stereocenters. The minimum absolute atomic E-state index is 0.144. The number of thiazole rings is 1. The number of rotatable bonds is 5. The third-order valence-electron chi connectivity index (χ3n) is 3.79. The molecule has 0 spiro atoms. The second-order valence-corrected chi connectivity index (χ2v) is 7.05. The van der Waals surface area contributed by atoms with E-state index >= 15 is 0 Å². The highest BCUT2D eigenvalue weighted by Gasteiger charge is 2.17. The summed E-state index contributed by atoms with van der Waals surface area (Å²) >= 11 is 7.56. The number of hydrogen-bond acceptors (Lipinski definition) is 6. The van der Waals surface area contributed by atoms with E-state index < -0.39 is 0 Å². The maximum absolute atomic E-state index is 12.1. The van der Waals surface area contributed by atoms with Gasteiger partial charge < -0.3 is 9.47 Å². The lowest BCUT2D eigenvalue weighted by Gasteiger charge is -2.01. The fourth-order valence-corrected chi connectivity index (χ4v) is 3.63. The van der Waals surface area contributed by atoms with Gasteiger partial charge in [0.15, 0.2) is 11.5 Å². The molecule has 1 aromatic heterocycles. The Morgan fingerprint density at radius 1 is 1.30 bits per heavy atom. The Balaban J connectivity index is 1.36. The molecule has 8 heteroatoms. The molecule has 27 heavy (non-hydrogen) atoms. The summed E-state index contributed by atoms with van der Waals surface area (Å²) in [5.41, 5.74) is 5.09. The Morgan fingerprint density at radius 2 is 2.15 bits per heavy atom. The van der Waals surface area contributed by atoms with Crippen LogP contribution in [-0.4, -0.2) is 23.9 Å². The van der Waals surface area contributed by atoms with Crippen molar-refractivity contribution in [1.29, 1.82) is 0 Å². The molecule has 1 N–H and O–H groups in total. The third kappa shape index (κ3) is 4.10. The van der Waals surface area contributed by atoms with E-state index in [2.05, 4.69) is 15.5 Å². The fourth-order valence-electron chi connectivity index (χ4n) is 2.55. The number of fused-ring (bicyclic) bond motifs is 1. The van der Waals surface area contributed by atoms with Gasteiger partial charge in [-0.3, -0.25) is 4.79 Å². The standard InChI is InChI=1S/C19H14ClN3O3S/c20-14-6-12(7-16-19(14)26-11-25-16)9-21-23-17(24)8-18-22-15(10-27-18)13-4-2-1-3-5-13/h1-7,9-10H,8,11H2,(H,23,24)/b21-9-. The normalized spacial score (nSPS) is 12.5. The molecule has 1 amide bonds. The smallest absolute Gasteiger partial charge is 0.246 e. The fraction of sp³-hybridized carbons (Fsp3) is 0.105. The predicted molar refractivity (Wildman–Crippen MR) is 105 cm³/mol. The number of ether oxygens (including phenoxy) is 2. The van der Waals surface area contributed by atoms with E-state index in [0.717, 1.165) is 16.3 Å². The van der Waals surface area contributed by atoms with E-state index in [9.17, 15) is 4.79 Å². The van der Waals surface area contributed by atoms with Crippen molar-refractivity contribution in [2.24, 2.45) is 5.10 Å². The van der Waals surface area contributed by atoms with E-state index in [-0.39, 0.29) is 19.1 Å². The average molecular weight is 400 g/mol. The summed E-state index contributed by atoms with van der Waals surface area (Å²) in [4.78, 5) is 16.6. The molecule has 0 unspecified atom stereocenters. The molecule has 0 saturated carbocycles. The number of nitrogens with zero attached hydrogens (tertiary/aromatic N) is 2. The lowest BCUT2D eigenvalue weighted by molar-refractivity contribution is -0.120. The van der Waals surface area contributed by atoms with Crippen molar-refractivity contribution in [1.82, 2.24) is 10.4 Å². The van der Waals surface area contributed by atoms with Crippen LogP contribution in [0.3, 0.4) is 0 Å². The van der Waals surface area contributed by atoms with Crippen molar-refractivity contribution < 1.29 is 14.3 Å². The number of halogens is 1. The monoisotopic (exact) mass is 399 g/mol. The first kappa shape index (κ1) is 17.5. The van der Waals surface area contributed by atoms with Gasteiger partial charge in [0, 0.05) is 10.9 Å². The van der Waals surface area contributed by atoms with Crippen molar-refractivity contribution >= 4 is 35.1 Å². The lowest BCUT2D eigenvalue weighted by atomic mass is 10.2. The molecule has 0 aliphatic carbocycles. The quantitative estimate of drug-likeness (QED) is 0.522. The number of benzene rings is 2. The first-order chi connectivity index (χ1) is 13.2. The number of carbonyl (C=O) groups is 1. The van der Waals surface area contributed by atoms with Crippen molar-refractivity contribution in [3.8, 4) is 22.8 Å². The van der Waals surface area contributed by atoms with Crippen LogP contribution >= 0.6 is 22.9 Å². The summed E-state index contributed by atoms with van der Waals surface area (Å²) in [7, 11) is 0. The van der Waals surface area contributed by atoms with E-state index in [1.165, 1.54) is 17.6 Å². The van der Waals surface area contributed by atoms with Crippen molar-refractivity contribution in [2.45, 2.75) is 6.42 Å². The molecule has 1 aliphatic rings. The minimum Gasteiger partial charge on any atom is -0.454 e. The van der Waals surface area contributed by atoms with E-state index in [4.69, 9.17) is 21.1 Å². The largest absolute Gasteiger partial charge is 0.454 e. The minimum atomic E-state index is -0.243. The molecular weight excluding hydrogens is 386 g/mol. The molecule has 2 aromatic carbocycles. The zero-order valence-corrected chi connectivity index (χ0v) is 15.6. The van der Waals surface area contributed by atoms with Crippen LogP contribution in [0.2, 0.25) is 5.02 Å². The molecule has 0 bridgehead atoms. The lowest BCUT2D eigenvalue weighted by Crippen LogP contribution is -2.19. The molecular formula is C19H14ClN3O3S. The highest BCUT2D eigenvalue weighted by atomic mass is 35.5. The number of aromatic nitrogens is 1. The van der Waals surface area contributed by atoms with Crippen LogP contribution in [0.15, 0.2) is 52.9 Å².